The minimum Gasteiger partial charge on any atom is -0.325 e. The van der Waals surface area contributed by atoms with Gasteiger partial charge in [0, 0.05) is 31.9 Å². The van der Waals surface area contributed by atoms with Crippen LogP contribution in [0.25, 0.3) is 0 Å². The van der Waals surface area contributed by atoms with E-state index >= 15 is 0 Å². The van der Waals surface area contributed by atoms with Crippen LogP contribution in [0.5, 0.6) is 0 Å². The van der Waals surface area contributed by atoms with Crippen molar-refractivity contribution in [1.82, 2.24) is 9.21 Å². The average Bonchev–Trinajstić information content (AvgIpc) is 2.67. The van der Waals surface area contributed by atoms with E-state index in [1.165, 1.54) is 0 Å². The number of halogens is 3. The van der Waals surface area contributed by atoms with E-state index < -0.39 is 32.4 Å². The number of rotatable bonds is 5. The molecule has 0 bridgehead atoms. The lowest BCUT2D eigenvalue weighted by Crippen LogP contribution is -2.50. The molecule has 1 fully saturated rings. The van der Waals surface area contributed by atoms with Gasteiger partial charge in [0.1, 0.15) is 4.90 Å². The van der Waals surface area contributed by atoms with Crippen LogP contribution in [0, 0.1) is 17.5 Å². The number of amides is 1. The van der Waals surface area contributed by atoms with Gasteiger partial charge in [0.2, 0.25) is 15.9 Å². The highest BCUT2D eigenvalue weighted by molar-refractivity contribution is 7.89. The zero-order valence-corrected chi connectivity index (χ0v) is 15.6. The maximum atomic E-state index is 13.9. The summed E-state index contributed by atoms with van der Waals surface area (Å²) >= 11 is 0. The van der Waals surface area contributed by atoms with Crippen LogP contribution in [-0.2, 0) is 14.8 Å². The van der Waals surface area contributed by atoms with E-state index in [1.807, 2.05) is 6.07 Å². The van der Waals surface area contributed by atoms with Crippen molar-refractivity contribution in [1.29, 1.82) is 0 Å². The molecular formula is C18H18F3N3O3S. The van der Waals surface area contributed by atoms with Crippen molar-refractivity contribution in [2.45, 2.75) is 4.90 Å². The maximum absolute atomic E-state index is 13.9. The Labute approximate surface area is 160 Å². The Bertz CT molecular complexity index is 963. The molecule has 0 spiro atoms. The molecule has 1 aliphatic rings. The largest absolute Gasteiger partial charge is 0.325 e. The normalized spacial score (nSPS) is 16.1. The predicted molar refractivity (Wildman–Crippen MR) is 96.6 cm³/mol. The first kappa shape index (κ1) is 20.3. The van der Waals surface area contributed by atoms with Crippen LogP contribution in [0.2, 0.25) is 0 Å². The monoisotopic (exact) mass is 413 g/mol. The third kappa shape index (κ3) is 4.34. The van der Waals surface area contributed by atoms with Crippen molar-refractivity contribution < 1.29 is 26.4 Å². The van der Waals surface area contributed by atoms with Crippen molar-refractivity contribution in [2.75, 3.05) is 38.0 Å². The van der Waals surface area contributed by atoms with E-state index in [9.17, 15) is 26.4 Å². The fraction of sp³-hybridized carbons (Fsp3) is 0.278. The Kier molecular flexibility index (Phi) is 6.01. The molecular weight excluding hydrogens is 395 g/mol. The molecule has 10 heteroatoms. The molecule has 28 heavy (non-hydrogen) atoms. The topological polar surface area (TPSA) is 69.7 Å². The molecule has 0 radical (unpaired) electrons. The Balaban J connectivity index is 1.60. The lowest BCUT2D eigenvalue weighted by atomic mass is 10.3. The SMILES string of the molecule is O=C(CN1CCN(S(=O)(=O)c2ccc(F)c(F)c2F)CC1)Nc1ccccc1. The molecule has 3 rings (SSSR count). The molecule has 1 N–H and O–H groups in total. The number of carbonyl (C=O) groups is 1. The van der Waals surface area contributed by atoms with Gasteiger partial charge < -0.3 is 5.32 Å². The summed E-state index contributed by atoms with van der Waals surface area (Å²) < 4.78 is 66.4. The first-order chi connectivity index (χ1) is 13.3. The summed E-state index contributed by atoms with van der Waals surface area (Å²) in [5.74, 6) is -5.25. The minimum atomic E-state index is -4.31. The molecule has 150 valence electrons. The molecule has 2 aromatic rings. The number of carbonyl (C=O) groups excluding carboxylic acids is 1. The summed E-state index contributed by atoms with van der Waals surface area (Å²) in [6, 6.07) is 10.2. The van der Waals surface area contributed by atoms with E-state index in [4.69, 9.17) is 0 Å². The van der Waals surface area contributed by atoms with Crippen LogP contribution >= 0.6 is 0 Å². The molecule has 0 saturated carbocycles. The second-order valence-corrected chi connectivity index (χ2v) is 8.17. The second kappa shape index (κ2) is 8.29. The third-order valence-corrected chi connectivity index (χ3v) is 6.29. The van der Waals surface area contributed by atoms with Gasteiger partial charge in [-0.3, -0.25) is 9.69 Å². The third-order valence-electron chi connectivity index (χ3n) is 4.37. The molecule has 0 unspecified atom stereocenters. The Morgan fingerprint density at radius 2 is 1.57 bits per heavy atom. The Hall–Kier alpha value is -2.43. The molecule has 1 heterocycles. The highest BCUT2D eigenvalue weighted by atomic mass is 32.2. The quantitative estimate of drug-likeness (QED) is 0.762. The number of sulfonamides is 1. The molecule has 0 aromatic heterocycles. The van der Waals surface area contributed by atoms with E-state index in [2.05, 4.69) is 5.32 Å². The molecule has 0 atom stereocenters. The zero-order chi connectivity index (χ0) is 20.3. The van der Waals surface area contributed by atoms with Crippen LogP contribution in [-0.4, -0.2) is 56.3 Å². The van der Waals surface area contributed by atoms with Crippen molar-refractivity contribution in [3.05, 3.63) is 59.9 Å². The summed E-state index contributed by atoms with van der Waals surface area (Å²) in [5, 5.41) is 2.74. The Morgan fingerprint density at radius 1 is 0.929 bits per heavy atom. The van der Waals surface area contributed by atoms with Crippen LogP contribution < -0.4 is 5.32 Å². The second-order valence-electron chi connectivity index (χ2n) is 6.27. The van der Waals surface area contributed by atoms with Crippen LogP contribution in [0.3, 0.4) is 0 Å². The van der Waals surface area contributed by atoms with Gasteiger partial charge in [-0.15, -0.1) is 0 Å². The minimum absolute atomic E-state index is 0.000609. The van der Waals surface area contributed by atoms with E-state index in [1.54, 1.807) is 29.2 Å². The van der Waals surface area contributed by atoms with Gasteiger partial charge in [-0.2, -0.15) is 4.31 Å². The summed E-state index contributed by atoms with van der Waals surface area (Å²) in [6.45, 7) is 0.556. The van der Waals surface area contributed by atoms with E-state index in [0.29, 0.717) is 17.8 Å². The van der Waals surface area contributed by atoms with Crippen molar-refractivity contribution in [3.63, 3.8) is 0 Å². The summed E-state index contributed by atoms with van der Waals surface area (Å²) in [4.78, 5) is 12.9. The number of para-hydroxylation sites is 1. The van der Waals surface area contributed by atoms with Gasteiger partial charge in [-0.25, -0.2) is 21.6 Å². The molecule has 1 amide bonds. The lowest BCUT2D eigenvalue weighted by Gasteiger charge is -2.33. The number of hydrogen-bond acceptors (Lipinski definition) is 4. The lowest BCUT2D eigenvalue weighted by molar-refractivity contribution is -0.117. The van der Waals surface area contributed by atoms with Gasteiger partial charge in [-0.05, 0) is 24.3 Å². The number of nitrogens with one attached hydrogen (secondary N) is 1. The fourth-order valence-electron chi connectivity index (χ4n) is 2.90. The van der Waals surface area contributed by atoms with Crippen molar-refractivity contribution in [3.8, 4) is 0 Å². The Morgan fingerprint density at radius 3 is 2.21 bits per heavy atom. The smallest absolute Gasteiger partial charge is 0.246 e. The molecule has 0 aliphatic carbocycles. The summed E-state index contributed by atoms with van der Waals surface area (Å²) in [7, 11) is -4.31. The fourth-order valence-corrected chi connectivity index (χ4v) is 4.38. The molecule has 1 saturated heterocycles. The first-order valence-electron chi connectivity index (χ1n) is 8.50. The molecule has 2 aromatic carbocycles. The summed E-state index contributed by atoms with van der Waals surface area (Å²) in [5.41, 5.74) is 0.655. The highest BCUT2D eigenvalue weighted by Gasteiger charge is 2.32. The van der Waals surface area contributed by atoms with Gasteiger partial charge in [0.25, 0.3) is 0 Å². The first-order valence-corrected chi connectivity index (χ1v) is 9.94. The van der Waals surface area contributed by atoms with E-state index in [-0.39, 0.29) is 38.6 Å². The van der Waals surface area contributed by atoms with Crippen LogP contribution in [0.1, 0.15) is 0 Å². The van der Waals surface area contributed by atoms with Crippen molar-refractivity contribution in [2.24, 2.45) is 0 Å². The number of hydrogen-bond donors (Lipinski definition) is 1. The highest BCUT2D eigenvalue weighted by Crippen LogP contribution is 2.24. The average molecular weight is 413 g/mol. The molecule has 1 aliphatic heterocycles. The molecule has 6 nitrogen and oxygen atoms in total. The number of benzene rings is 2. The van der Waals surface area contributed by atoms with Crippen LogP contribution in [0.4, 0.5) is 18.9 Å². The van der Waals surface area contributed by atoms with E-state index in [0.717, 1.165) is 4.31 Å². The van der Waals surface area contributed by atoms with Gasteiger partial charge in [-0.1, -0.05) is 18.2 Å². The van der Waals surface area contributed by atoms with Gasteiger partial charge in [0.15, 0.2) is 17.5 Å². The van der Waals surface area contributed by atoms with Gasteiger partial charge >= 0.3 is 0 Å². The number of anilines is 1. The zero-order valence-electron chi connectivity index (χ0n) is 14.7. The number of nitrogens with zero attached hydrogens (tertiary/aromatic N) is 2. The predicted octanol–water partition coefficient (Wildman–Crippen LogP) is 2.05. The summed E-state index contributed by atoms with van der Waals surface area (Å²) in [6.07, 6.45) is 0. The standard InChI is InChI=1S/C18H18F3N3O3S/c19-14-6-7-15(18(21)17(14)20)28(26,27)24-10-8-23(9-11-24)12-16(25)22-13-4-2-1-3-5-13/h1-7H,8-12H2,(H,22,25). The van der Waals surface area contributed by atoms with Crippen LogP contribution in [0.15, 0.2) is 47.4 Å². The number of piperazine rings is 1. The maximum Gasteiger partial charge on any atom is 0.246 e. The van der Waals surface area contributed by atoms with Gasteiger partial charge in [0.05, 0.1) is 6.54 Å². The van der Waals surface area contributed by atoms with Crippen molar-refractivity contribution >= 4 is 21.6 Å².